The summed E-state index contributed by atoms with van der Waals surface area (Å²) in [5, 5.41) is 20.9. The third-order valence-electron chi connectivity index (χ3n) is 3.94. The molecule has 29 heavy (non-hydrogen) atoms. The number of nitrogens with one attached hydrogen (secondary N) is 1. The number of hydrogen-bond donors (Lipinski definition) is 2. The van der Waals surface area contributed by atoms with Crippen LogP contribution in [0, 0.1) is 11.3 Å². The number of carboxylic acids is 1. The average molecular weight is 384 g/mol. The van der Waals surface area contributed by atoms with Gasteiger partial charge in [0.1, 0.15) is 23.3 Å². The van der Waals surface area contributed by atoms with E-state index in [2.05, 4.69) is 11.4 Å². The molecule has 3 aromatic carbocycles. The highest BCUT2D eigenvalue weighted by molar-refractivity contribution is 6.02. The summed E-state index contributed by atoms with van der Waals surface area (Å²) in [6, 6.07) is 23.9. The maximum atomic E-state index is 12.2. The Kier molecular flexibility index (Phi) is 6.03. The monoisotopic (exact) mass is 384 g/mol. The first kappa shape index (κ1) is 19.4. The molecule has 3 aromatic rings. The van der Waals surface area contributed by atoms with Crippen LogP contribution in [0.3, 0.4) is 0 Å². The number of hydrogen-bond acceptors (Lipinski definition) is 4. The zero-order valence-corrected chi connectivity index (χ0v) is 15.2. The van der Waals surface area contributed by atoms with E-state index >= 15 is 0 Å². The van der Waals surface area contributed by atoms with Gasteiger partial charge in [0.2, 0.25) is 0 Å². The van der Waals surface area contributed by atoms with Gasteiger partial charge in [-0.25, -0.2) is 4.79 Å². The van der Waals surface area contributed by atoms with Gasteiger partial charge in [0.05, 0.1) is 5.56 Å². The molecule has 0 aliphatic heterocycles. The molecule has 1 amide bonds. The average Bonchev–Trinajstić information content (AvgIpc) is 2.75. The minimum atomic E-state index is -1.25. The Labute approximate surface area is 167 Å². The molecule has 6 heteroatoms. The molecule has 0 aliphatic carbocycles. The SMILES string of the molecule is N#Cc1ccccc1Oc1ccc(/C=C(/NC(=O)c2ccccc2)C(=O)O)cc1. The fourth-order valence-corrected chi connectivity index (χ4v) is 2.51. The van der Waals surface area contributed by atoms with Crippen LogP contribution in [0.15, 0.2) is 84.6 Å². The van der Waals surface area contributed by atoms with Crippen molar-refractivity contribution in [3.8, 4) is 17.6 Å². The number of amides is 1. The molecular formula is C23H16N2O4. The van der Waals surface area contributed by atoms with Crippen molar-refractivity contribution in [2.75, 3.05) is 0 Å². The van der Waals surface area contributed by atoms with E-state index in [1.54, 1.807) is 78.9 Å². The lowest BCUT2D eigenvalue weighted by Gasteiger charge is -2.08. The number of aliphatic carboxylic acids is 1. The van der Waals surface area contributed by atoms with Crippen molar-refractivity contribution in [3.05, 3.63) is 101 Å². The lowest BCUT2D eigenvalue weighted by molar-refractivity contribution is -0.132. The molecule has 0 aromatic heterocycles. The van der Waals surface area contributed by atoms with Gasteiger partial charge in [0.25, 0.3) is 5.91 Å². The molecule has 0 heterocycles. The second-order valence-electron chi connectivity index (χ2n) is 5.96. The predicted octanol–water partition coefficient (Wildman–Crippen LogP) is 4.21. The van der Waals surface area contributed by atoms with E-state index < -0.39 is 11.9 Å². The van der Waals surface area contributed by atoms with E-state index in [1.807, 2.05) is 0 Å². The summed E-state index contributed by atoms with van der Waals surface area (Å²) in [6.07, 6.45) is 1.36. The second-order valence-corrected chi connectivity index (χ2v) is 5.96. The maximum Gasteiger partial charge on any atom is 0.352 e. The summed E-state index contributed by atoms with van der Waals surface area (Å²) in [5.74, 6) is -0.834. The molecule has 3 rings (SSSR count). The number of carbonyl (C=O) groups excluding carboxylic acids is 1. The highest BCUT2D eigenvalue weighted by Crippen LogP contribution is 2.25. The van der Waals surface area contributed by atoms with Crippen molar-refractivity contribution in [1.82, 2.24) is 5.32 Å². The topological polar surface area (TPSA) is 99.4 Å². The van der Waals surface area contributed by atoms with Crippen molar-refractivity contribution >= 4 is 18.0 Å². The molecule has 142 valence electrons. The Bertz CT molecular complexity index is 1100. The summed E-state index contributed by atoms with van der Waals surface area (Å²) in [4.78, 5) is 23.7. The van der Waals surface area contributed by atoms with E-state index in [-0.39, 0.29) is 5.70 Å². The quantitative estimate of drug-likeness (QED) is 0.620. The smallest absolute Gasteiger partial charge is 0.352 e. The molecule has 0 spiro atoms. The highest BCUT2D eigenvalue weighted by Gasteiger charge is 2.13. The van der Waals surface area contributed by atoms with Crippen LogP contribution in [-0.2, 0) is 4.79 Å². The Morgan fingerprint density at radius 1 is 0.931 bits per heavy atom. The minimum absolute atomic E-state index is 0.248. The van der Waals surface area contributed by atoms with E-state index in [0.29, 0.717) is 28.2 Å². The summed E-state index contributed by atoms with van der Waals surface area (Å²) in [7, 11) is 0. The van der Waals surface area contributed by atoms with Gasteiger partial charge in [-0.05, 0) is 48.0 Å². The number of rotatable bonds is 6. The van der Waals surface area contributed by atoms with E-state index in [9.17, 15) is 14.7 Å². The molecule has 0 saturated heterocycles. The molecule has 0 fully saturated rings. The fraction of sp³-hybridized carbons (Fsp3) is 0. The van der Waals surface area contributed by atoms with Gasteiger partial charge in [0.15, 0.2) is 0 Å². The Balaban J connectivity index is 1.76. The van der Waals surface area contributed by atoms with Crippen molar-refractivity contribution in [2.45, 2.75) is 0 Å². The zero-order chi connectivity index (χ0) is 20.6. The number of nitriles is 1. The van der Waals surface area contributed by atoms with Crippen LogP contribution in [0.25, 0.3) is 6.08 Å². The predicted molar refractivity (Wildman–Crippen MR) is 107 cm³/mol. The number of carboxylic acid groups (broad SMARTS) is 1. The van der Waals surface area contributed by atoms with Gasteiger partial charge < -0.3 is 15.2 Å². The lowest BCUT2D eigenvalue weighted by Crippen LogP contribution is -2.27. The summed E-state index contributed by atoms with van der Waals surface area (Å²) in [6.45, 7) is 0. The van der Waals surface area contributed by atoms with Crippen LogP contribution in [-0.4, -0.2) is 17.0 Å². The lowest BCUT2D eigenvalue weighted by atomic mass is 10.1. The normalized spacial score (nSPS) is 10.7. The van der Waals surface area contributed by atoms with Crippen LogP contribution in [0.2, 0.25) is 0 Å². The molecule has 0 saturated carbocycles. The zero-order valence-electron chi connectivity index (χ0n) is 15.2. The van der Waals surface area contributed by atoms with Gasteiger partial charge in [-0.1, -0.05) is 42.5 Å². The van der Waals surface area contributed by atoms with Crippen molar-refractivity contribution in [1.29, 1.82) is 5.26 Å². The standard InChI is InChI=1S/C23H16N2O4/c24-15-18-8-4-5-9-21(18)29-19-12-10-16(11-13-19)14-20(23(27)28)25-22(26)17-6-2-1-3-7-17/h1-14H,(H,25,26)(H,27,28)/b20-14+. The molecule has 0 atom stereocenters. The molecule has 2 N–H and O–H groups in total. The Hall–Kier alpha value is -4.37. The van der Waals surface area contributed by atoms with Crippen LogP contribution < -0.4 is 10.1 Å². The third-order valence-corrected chi connectivity index (χ3v) is 3.94. The Morgan fingerprint density at radius 2 is 1.59 bits per heavy atom. The van der Waals surface area contributed by atoms with Crippen molar-refractivity contribution < 1.29 is 19.4 Å². The van der Waals surface area contributed by atoms with Gasteiger partial charge in [-0.15, -0.1) is 0 Å². The van der Waals surface area contributed by atoms with Crippen LogP contribution in [0.4, 0.5) is 0 Å². The summed E-state index contributed by atoms with van der Waals surface area (Å²) >= 11 is 0. The van der Waals surface area contributed by atoms with Gasteiger partial charge in [-0.2, -0.15) is 5.26 Å². The molecular weight excluding hydrogens is 368 g/mol. The van der Waals surface area contributed by atoms with Crippen molar-refractivity contribution in [2.24, 2.45) is 0 Å². The Morgan fingerprint density at radius 3 is 2.24 bits per heavy atom. The number of carbonyl (C=O) groups is 2. The summed E-state index contributed by atoms with van der Waals surface area (Å²) in [5.41, 5.74) is 1.09. The first-order valence-corrected chi connectivity index (χ1v) is 8.65. The second kappa shape index (κ2) is 9.02. The van der Waals surface area contributed by atoms with Crippen molar-refractivity contribution in [3.63, 3.8) is 0 Å². The molecule has 0 radical (unpaired) electrons. The molecule has 6 nitrogen and oxygen atoms in total. The van der Waals surface area contributed by atoms with Gasteiger partial charge >= 0.3 is 5.97 Å². The molecule has 0 aliphatic rings. The van der Waals surface area contributed by atoms with Crippen LogP contribution in [0.1, 0.15) is 21.5 Å². The summed E-state index contributed by atoms with van der Waals surface area (Å²) < 4.78 is 5.70. The first-order chi connectivity index (χ1) is 14.1. The number of para-hydroxylation sites is 1. The van der Waals surface area contributed by atoms with E-state index in [1.165, 1.54) is 6.08 Å². The van der Waals surface area contributed by atoms with Crippen LogP contribution >= 0.6 is 0 Å². The minimum Gasteiger partial charge on any atom is -0.477 e. The van der Waals surface area contributed by atoms with Crippen LogP contribution in [0.5, 0.6) is 11.5 Å². The molecule has 0 bridgehead atoms. The first-order valence-electron chi connectivity index (χ1n) is 8.65. The van der Waals surface area contributed by atoms with Gasteiger partial charge in [-0.3, -0.25) is 4.79 Å². The maximum absolute atomic E-state index is 12.2. The number of nitrogens with zero attached hydrogens (tertiary/aromatic N) is 1. The van der Waals surface area contributed by atoms with E-state index in [4.69, 9.17) is 10.00 Å². The third kappa shape index (κ3) is 5.08. The van der Waals surface area contributed by atoms with E-state index in [0.717, 1.165) is 0 Å². The number of benzene rings is 3. The molecule has 0 unspecified atom stereocenters. The highest BCUT2D eigenvalue weighted by atomic mass is 16.5. The fourth-order valence-electron chi connectivity index (χ4n) is 2.51. The number of ether oxygens (including phenoxy) is 1. The largest absolute Gasteiger partial charge is 0.477 e. The van der Waals surface area contributed by atoms with Gasteiger partial charge in [0, 0.05) is 5.56 Å².